The molecule has 2 N–H and O–H groups in total. The van der Waals surface area contributed by atoms with Gasteiger partial charge in [-0.1, -0.05) is 30.3 Å². The summed E-state index contributed by atoms with van der Waals surface area (Å²) in [5, 5.41) is 12.6. The zero-order valence-corrected chi connectivity index (χ0v) is 13.3. The number of aromatic nitrogens is 1. The van der Waals surface area contributed by atoms with E-state index in [4.69, 9.17) is 5.11 Å². The second-order valence-electron chi connectivity index (χ2n) is 5.54. The lowest BCUT2D eigenvalue weighted by atomic mass is 10.1. The number of benzene rings is 2. The normalized spacial score (nSPS) is 10.6. The van der Waals surface area contributed by atoms with Crippen LogP contribution in [-0.2, 0) is 4.79 Å². The molecule has 0 aliphatic rings. The number of rotatable bonds is 5. The van der Waals surface area contributed by atoms with Gasteiger partial charge in [-0.2, -0.15) is 0 Å². The van der Waals surface area contributed by atoms with E-state index >= 15 is 0 Å². The van der Waals surface area contributed by atoms with E-state index in [0.717, 1.165) is 10.9 Å². The van der Waals surface area contributed by atoms with E-state index in [1.807, 2.05) is 30.3 Å². The van der Waals surface area contributed by atoms with Gasteiger partial charge >= 0.3 is 5.97 Å². The lowest BCUT2D eigenvalue weighted by molar-refractivity contribution is -0.116. The highest BCUT2D eigenvalue weighted by atomic mass is 16.4. The molecule has 6 heteroatoms. The van der Waals surface area contributed by atoms with Crippen LogP contribution in [-0.4, -0.2) is 27.5 Å². The lowest BCUT2D eigenvalue weighted by Gasteiger charge is -2.08. The van der Waals surface area contributed by atoms with E-state index in [1.54, 1.807) is 18.3 Å². The van der Waals surface area contributed by atoms with Crippen LogP contribution in [0.1, 0.15) is 28.0 Å². The molecule has 1 heterocycles. The molecule has 0 fully saturated rings. The van der Waals surface area contributed by atoms with E-state index in [0.29, 0.717) is 0 Å². The highest BCUT2D eigenvalue weighted by Gasteiger charge is 2.14. The van der Waals surface area contributed by atoms with E-state index < -0.39 is 11.9 Å². The van der Waals surface area contributed by atoms with E-state index in [-0.39, 0.29) is 30.0 Å². The number of nitrogens with zero attached hydrogens (tertiary/aromatic N) is 1. The van der Waals surface area contributed by atoms with Crippen LogP contribution in [0.3, 0.4) is 0 Å². The number of nitrogens with one attached hydrogen (secondary N) is 1. The molecule has 0 radical (unpaired) electrons. The molecule has 3 rings (SSSR count). The Bertz CT molecular complexity index is 959. The largest absolute Gasteiger partial charge is 0.478 e. The van der Waals surface area contributed by atoms with Crippen LogP contribution in [0.5, 0.6) is 0 Å². The first-order chi connectivity index (χ1) is 12.1. The van der Waals surface area contributed by atoms with Gasteiger partial charge in [-0.3, -0.25) is 14.2 Å². The molecule has 1 amide bonds. The van der Waals surface area contributed by atoms with Crippen molar-refractivity contribution in [2.45, 2.75) is 12.8 Å². The standard InChI is InChI=1S/C19H16N2O4/c22-17(20-15-7-3-2-6-14(15)19(24)25)9-10-18(23)21-12-11-13-5-1-4-8-16(13)21/h1-8,11-12H,9-10H2,(H,20,22)(H,24,25). The zero-order valence-electron chi connectivity index (χ0n) is 13.3. The molecule has 0 bridgehead atoms. The highest BCUT2D eigenvalue weighted by Crippen LogP contribution is 2.17. The summed E-state index contributed by atoms with van der Waals surface area (Å²) in [4.78, 5) is 35.5. The fourth-order valence-corrected chi connectivity index (χ4v) is 2.63. The van der Waals surface area contributed by atoms with Gasteiger partial charge in [-0.05, 0) is 24.3 Å². The fourth-order valence-electron chi connectivity index (χ4n) is 2.63. The summed E-state index contributed by atoms with van der Waals surface area (Å²) >= 11 is 0. The molecule has 6 nitrogen and oxygen atoms in total. The van der Waals surface area contributed by atoms with Crippen molar-refractivity contribution in [1.29, 1.82) is 0 Å². The summed E-state index contributed by atoms with van der Waals surface area (Å²) in [7, 11) is 0. The smallest absolute Gasteiger partial charge is 0.337 e. The number of fused-ring (bicyclic) bond motifs is 1. The van der Waals surface area contributed by atoms with Crippen LogP contribution in [0, 0.1) is 0 Å². The van der Waals surface area contributed by atoms with Crippen LogP contribution in [0.15, 0.2) is 60.8 Å². The van der Waals surface area contributed by atoms with E-state index in [9.17, 15) is 14.4 Å². The molecule has 3 aromatic rings. The van der Waals surface area contributed by atoms with Gasteiger partial charge in [0.15, 0.2) is 0 Å². The first-order valence-corrected chi connectivity index (χ1v) is 7.78. The second kappa shape index (κ2) is 7.00. The number of carboxylic acids is 1. The Kier molecular flexibility index (Phi) is 4.61. The summed E-state index contributed by atoms with van der Waals surface area (Å²) in [6, 6.07) is 15.5. The SMILES string of the molecule is O=C(CCC(=O)n1ccc2ccccc21)Nc1ccccc1C(=O)O. The van der Waals surface area contributed by atoms with Gasteiger partial charge < -0.3 is 10.4 Å². The van der Waals surface area contributed by atoms with Crippen LogP contribution in [0.25, 0.3) is 10.9 Å². The molecule has 0 unspecified atom stereocenters. The summed E-state index contributed by atoms with van der Waals surface area (Å²) in [5.41, 5.74) is 1.03. The van der Waals surface area contributed by atoms with Crippen molar-refractivity contribution in [2.75, 3.05) is 5.32 Å². The Hall–Kier alpha value is -3.41. The predicted molar refractivity (Wildman–Crippen MR) is 93.8 cm³/mol. The Morgan fingerprint density at radius 3 is 2.44 bits per heavy atom. The van der Waals surface area contributed by atoms with Crippen molar-refractivity contribution >= 4 is 34.4 Å². The van der Waals surface area contributed by atoms with Gasteiger partial charge in [-0.25, -0.2) is 4.79 Å². The molecule has 1 aromatic heterocycles. The molecular weight excluding hydrogens is 320 g/mol. The van der Waals surface area contributed by atoms with E-state index in [1.165, 1.54) is 16.7 Å². The van der Waals surface area contributed by atoms with Gasteiger partial charge in [0, 0.05) is 24.4 Å². The van der Waals surface area contributed by atoms with Crippen LogP contribution >= 0.6 is 0 Å². The maximum absolute atomic E-state index is 12.3. The molecule has 0 aliphatic carbocycles. The molecule has 0 saturated carbocycles. The van der Waals surface area contributed by atoms with Gasteiger partial charge in [0.05, 0.1) is 16.8 Å². The number of carbonyl (C=O) groups is 3. The number of hydrogen-bond acceptors (Lipinski definition) is 3. The topological polar surface area (TPSA) is 88.4 Å². The molecular formula is C19H16N2O4. The van der Waals surface area contributed by atoms with Crippen molar-refractivity contribution in [3.8, 4) is 0 Å². The predicted octanol–water partition coefficient (Wildman–Crippen LogP) is 3.40. The molecule has 0 aliphatic heterocycles. The van der Waals surface area contributed by atoms with Crippen molar-refractivity contribution in [1.82, 2.24) is 4.57 Å². The maximum Gasteiger partial charge on any atom is 0.337 e. The number of aromatic carboxylic acids is 1. The third kappa shape index (κ3) is 3.58. The summed E-state index contributed by atoms with van der Waals surface area (Å²) in [6.45, 7) is 0. The molecule has 25 heavy (non-hydrogen) atoms. The molecule has 0 atom stereocenters. The minimum absolute atomic E-state index is 0.0126. The van der Waals surface area contributed by atoms with Crippen molar-refractivity contribution in [2.24, 2.45) is 0 Å². The minimum Gasteiger partial charge on any atom is -0.478 e. The molecule has 0 saturated heterocycles. The number of carboxylic acid groups (broad SMARTS) is 1. The third-order valence-electron chi connectivity index (χ3n) is 3.87. The lowest BCUT2D eigenvalue weighted by Crippen LogP contribution is -2.17. The van der Waals surface area contributed by atoms with Crippen LogP contribution in [0.2, 0.25) is 0 Å². The van der Waals surface area contributed by atoms with Crippen molar-refractivity contribution in [3.05, 3.63) is 66.4 Å². The Balaban J connectivity index is 1.65. The second-order valence-corrected chi connectivity index (χ2v) is 5.54. The average molecular weight is 336 g/mol. The Labute approximate surface area is 143 Å². The monoisotopic (exact) mass is 336 g/mol. The maximum atomic E-state index is 12.3. The highest BCUT2D eigenvalue weighted by molar-refractivity contribution is 6.01. The summed E-state index contributed by atoms with van der Waals surface area (Å²) in [6.07, 6.45) is 1.68. The van der Waals surface area contributed by atoms with Crippen molar-refractivity contribution in [3.63, 3.8) is 0 Å². The number of amides is 1. The number of carbonyl (C=O) groups excluding carboxylic acids is 2. The van der Waals surface area contributed by atoms with Crippen LogP contribution < -0.4 is 5.32 Å². The van der Waals surface area contributed by atoms with Gasteiger partial charge in [0.2, 0.25) is 11.8 Å². The van der Waals surface area contributed by atoms with Crippen molar-refractivity contribution < 1.29 is 19.5 Å². The Morgan fingerprint density at radius 1 is 0.920 bits per heavy atom. The molecule has 126 valence electrons. The Morgan fingerprint density at radius 2 is 1.64 bits per heavy atom. The number of para-hydroxylation sites is 2. The zero-order chi connectivity index (χ0) is 17.8. The fraction of sp³-hybridized carbons (Fsp3) is 0.105. The number of anilines is 1. The van der Waals surface area contributed by atoms with Gasteiger partial charge in [-0.15, -0.1) is 0 Å². The van der Waals surface area contributed by atoms with E-state index in [2.05, 4.69) is 5.32 Å². The van der Waals surface area contributed by atoms with Gasteiger partial charge in [0.25, 0.3) is 0 Å². The quantitative estimate of drug-likeness (QED) is 0.747. The molecule has 2 aromatic carbocycles. The average Bonchev–Trinajstić information content (AvgIpc) is 3.04. The first-order valence-electron chi connectivity index (χ1n) is 7.78. The summed E-state index contributed by atoms with van der Waals surface area (Å²) in [5.74, 6) is -1.72. The minimum atomic E-state index is -1.12. The van der Waals surface area contributed by atoms with Gasteiger partial charge in [0.1, 0.15) is 0 Å². The molecule has 0 spiro atoms. The third-order valence-corrected chi connectivity index (χ3v) is 3.87. The number of hydrogen-bond donors (Lipinski definition) is 2. The first kappa shape index (κ1) is 16.4. The van der Waals surface area contributed by atoms with Crippen LogP contribution in [0.4, 0.5) is 5.69 Å². The summed E-state index contributed by atoms with van der Waals surface area (Å²) < 4.78 is 1.52.